The Balaban J connectivity index is 1.39. The van der Waals surface area contributed by atoms with Gasteiger partial charge in [0.15, 0.2) is 5.52 Å². The normalized spacial score (nSPS) is 14.7. The van der Waals surface area contributed by atoms with Gasteiger partial charge in [0.25, 0.3) is 10.6 Å². The van der Waals surface area contributed by atoms with Gasteiger partial charge in [0, 0.05) is 26.6 Å². The largest absolute Gasteiger partial charge is 0.493 e. The third-order valence-corrected chi connectivity index (χ3v) is 9.53. The molecular formula is C29H40N6O9S. The van der Waals surface area contributed by atoms with Crippen LogP contribution >= 0.6 is 0 Å². The second-order valence-corrected chi connectivity index (χ2v) is 12.9. The highest BCUT2D eigenvalue weighted by Crippen LogP contribution is 2.34. The fourth-order valence-corrected chi connectivity index (χ4v) is 6.95. The highest BCUT2D eigenvalue weighted by molar-refractivity contribution is 7.89. The van der Waals surface area contributed by atoms with Crippen molar-refractivity contribution in [1.82, 2.24) is 24.1 Å². The average Bonchev–Trinajstić information content (AvgIpc) is 3.29. The first kappa shape index (κ1) is 33.8. The topological polar surface area (TPSA) is 189 Å². The van der Waals surface area contributed by atoms with E-state index in [1.807, 2.05) is 13.8 Å². The number of fused-ring (bicyclic) bond motifs is 1. The zero-order valence-electron chi connectivity index (χ0n) is 26.0. The maximum Gasteiger partial charge on any atom is 0.305 e. The summed E-state index contributed by atoms with van der Waals surface area (Å²) in [6.07, 6.45) is 2.67. The van der Waals surface area contributed by atoms with E-state index < -0.39 is 27.2 Å². The Morgan fingerprint density at radius 2 is 2.00 bits per heavy atom. The molecule has 246 valence electrons. The van der Waals surface area contributed by atoms with Gasteiger partial charge in [0.1, 0.15) is 23.2 Å². The van der Waals surface area contributed by atoms with E-state index in [2.05, 4.69) is 14.9 Å². The number of nitrogens with one attached hydrogen (secondary N) is 1. The minimum Gasteiger partial charge on any atom is -0.493 e. The molecule has 1 atom stereocenters. The van der Waals surface area contributed by atoms with Crippen LogP contribution in [0.25, 0.3) is 22.4 Å². The number of hydrogen-bond donors (Lipinski definition) is 1. The Morgan fingerprint density at radius 3 is 2.67 bits per heavy atom. The summed E-state index contributed by atoms with van der Waals surface area (Å²) in [6, 6.07) is 4.54. The van der Waals surface area contributed by atoms with E-state index >= 15 is 0 Å². The van der Waals surface area contributed by atoms with Crippen molar-refractivity contribution in [2.24, 2.45) is 13.0 Å². The van der Waals surface area contributed by atoms with Crippen LogP contribution in [0.1, 0.15) is 65.0 Å². The third kappa shape index (κ3) is 7.97. The van der Waals surface area contributed by atoms with Crippen LogP contribution in [0.5, 0.6) is 5.75 Å². The molecule has 3 aromatic rings. The second-order valence-electron chi connectivity index (χ2n) is 11.0. The molecule has 15 nitrogen and oxygen atoms in total. The standard InChI is InChI=1S/C29H40N6O9S/c1-5-9-23-26-27(33(4)32-23)29(37)31-28(30-26)22-16-21(12-13-24(22)42-7-3)45(40,41)34-17-19(18-34)10-8-15-43-25(36)14-11-20(6-2)44-35(38)39/h12-13,16,19-20H,5-11,14-15,17-18H2,1-4H3,(H,30,31,37). The van der Waals surface area contributed by atoms with Gasteiger partial charge in [-0.05, 0) is 63.1 Å². The van der Waals surface area contributed by atoms with Crippen LogP contribution in [-0.2, 0) is 37.9 Å². The van der Waals surface area contributed by atoms with Gasteiger partial charge < -0.3 is 19.3 Å². The molecule has 1 aromatic carbocycles. The summed E-state index contributed by atoms with van der Waals surface area (Å²) in [6.45, 7) is 6.73. The van der Waals surface area contributed by atoms with Crippen molar-refractivity contribution in [2.75, 3.05) is 26.3 Å². The van der Waals surface area contributed by atoms with Crippen molar-refractivity contribution in [1.29, 1.82) is 0 Å². The minimum absolute atomic E-state index is 0.0191. The van der Waals surface area contributed by atoms with Crippen molar-refractivity contribution < 1.29 is 32.6 Å². The summed E-state index contributed by atoms with van der Waals surface area (Å²) in [5.41, 5.74) is 1.49. The van der Waals surface area contributed by atoms with Crippen LogP contribution in [0.3, 0.4) is 0 Å². The predicted molar refractivity (Wildman–Crippen MR) is 164 cm³/mol. The molecule has 1 aliphatic rings. The monoisotopic (exact) mass is 648 g/mol. The number of H-pyrrole nitrogens is 1. The number of aromatic amines is 1. The zero-order valence-corrected chi connectivity index (χ0v) is 26.8. The quantitative estimate of drug-likeness (QED) is 0.0978. The van der Waals surface area contributed by atoms with Gasteiger partial charge in [0.2, 0.25) is 10.0 Å². The molecule has 1 aliphatic heterocycles. The van der Waals surface area contributed by atoms with Crippen LogP contribution in [0.2, 0.25) is 0 Å². The van der Waals surface area contributed by atoms with Crippen LogP contribution in [0.4, 0.5) is 0 Å². The number of carbonyl (C=O) groups excluding carboxylic acids is 1. The fraction of sp³-hybridized carbons (Fsp3) is 0.586. The number of rotatable bonds is 17. The lowest BCUT2D eigenvalue weighted by Crippen LogP contribution is -2.49. The third-order valence-electron chi connectivity index (χ3n) is 7.70. The molecule has 3 heterocycles. The summed E-state index contributed by atoms with van der Waals surface area (Å²) in [7, 11) is -2.15. The number of nitrogens with zero attached hydrogens (tertiary/aromatic N) is 5. The first-order valence-electron chi connectivity index (χ1n) is 15.2. The minimum atomic E-state index is -3.84. The fourth-order valence-electron chi connectivity index (χ4n) is 5.33. The number of ether oxygens (including phenoxy) is 2. The summed E-state index contributed by atoms with van der Waals surface area (Å²) >= 11 is 0. The van der Waals surface area contributed by atoms with Crippen molar-refractivity contribution in [3.8, 4) is 17.1 Å². The molecule has 1 saturated heterocycles. The number of aromatic nitrogens is 4. The Labute approximate surface area is 261 Å². The predicted octanol–water partition coefficient (Wildman–Crippen LogP) is 3.39. The van der Waals surface area contributed by atoms with Gasteiger partial charge in [-0.1, -0.05) is 20.3 Å². The van der Waals surface area contributed by atoms with E-state index in [-0.39, 0.29) is 41.6 Å². The van der Waals surface area contributed by atoms with Crippen LogP contribution in [-0.4, -0.2) is 75.9 Å². The molecule has 4 rings (SSSR count). The molecule has 16 heteroatoms. The molecule has 1 fully saturated rings. The zero-order chi connectivity index (χ0) is 32.7. The van der Waals surface area contributed by atoms with Crippen molar-refractivity contribution in [3.05, 3.63) is 44.4 Å². The Bertz CT molecular complexity index is 1680. The number of esters is 1. The molecule has 0 aliphatic carbocycles. The molecule has 0 saturated carbocycles. The maximum absolute atomic E-state index is 13.5. The van der Waals surface area contributed by atoms with Gasteiger partial charge in [-0.2, -0.15) is 9.40 Å². The lowest BCUT2D eigenvalue weighted by Gasteiger charge is -2.38. The van der Waals surface area contributed by atoms with Gasteiger partial charge in [-0.3, -0.25) is 14.3 Å². The van der Waals surface area contributed by atoms with Gasteiger partial charge >= 0.3 is 5.97 Å². The SMILES string of the molecule is CCCc1nn(C)c2c(=O)[nH]c(-c3cc(S(=O)(=O)N4CC(CCCOC(=O)CCC(CC)O[N+](=O)[O-])C4)ccc3OCC)nc12. The van der Waals surface area contributed by atoms with Crippen LogP contribution in [0.15, 0.2) is 27.9 Å². The summed E-state index contributed by atoms with van der Waals surface area (Å²) in [4.78, 5) is 47.5. The number of sulfonamides is 1. The highest BCUT2D eigenvalue weighted by atomic mass is 32.2. The second kappa shape index (κ2) is 14.8. The van der Waals surface area contributed by atoms with Crippen molar-refractivity contribution >= 4 is 27.0 Å². The summed E-state index contributed by atoms with van der Waals surface area (Å²) in [5, 5.41) is 14.1. The van der Waals surface area contributed by atoms with Crippen LogP contribution in [0, 0.1) is 16.0 Å². The van der Waals surface area contributed by atoms with Crippen molar-refractivity contribution in [3.63, 3.8) is 0 Å². The lowest BCUT2D eigenvalue weighted by atomic mass is 9.98. The number of carbonyl (C=O) groups is 1. The van der Waals surface area contributed by atoms with E-state index in [9.17, 15) is 28.1 Å². The molecule has 0 spiro atoms. The first-order valence-corrected chi connectivity index (χ1v) is 16.6. The molecule has 0 radical (unpaired) electrons. The van der Waals surface area contributed by atoms with Gasteiger partial charge in [-0.15, -0.1) is 10.1 Å². The number of benzene rings is 1. The van der Waals surface area contributed by atoms with E-state index in [1.165, 1.54) is 21.1 Å². The first-order chi connectivity index (χ1) is 21.5. The molecule has 1 N–H and O–H groups in total. The molecular weight excluding hydrogens is 608 g/mol. The number of aryl methyl sites for hydroxylation is 2. The lowest BCUT2D eigenvalue weighted by molar-refractivity contribution is -0.768. The smallest absolute Gasteiger partial charge is 0.305 e. The summed E-state index contributed by atoms with van der Waals surface area (Å²) < 4.78 is 41.0. The molecule has 2 aromatic heterocycles. The molecule has 1 unspecified atom stereocenters. The van der Waals surface area contributed by atoms with Crippen molar-refractivity contribution in [2.45, 2.75) is 76.7 Å². The Morgan fingerprint density at radius 1 is 1.24 bits per heavy atom. The van der Waals surface area contributed by atoms with Gasteiger partial charge in [-0.25, -0.2) is 13.4 Å². The van der Waals surface area contributed by atoms with Gasteiger partial charge in [0.05, 0.1) is 29.4 Å². The van der Waals surface area contributed by atoms with E-state index in [0.717, 1.165) is 6.42 Å². The van der Waals surface area contributed by atoms with E-state index in [4.69, 9.17) is 14.5 Å². The summed E-state index contributed by atoms with van der Waals surface area (Å²) in [5.74, 6) is 0.252. The Hall–Kier alpha value is -4.05. The average molecular weight is 649 g/mol. The highest BCUT2D eigenvalue weighted by Gasteiger charge is 2.37. The maximum atomic E-state index is 13.5. The van der Waals surface area contributed by atoms with E-state index in [1.54, 1.807) is 20.0 Å². The number of hydrogen-bond acceptors (Lipinski definition) is 11. The van der Waals surface area contributed by atoms with Crippen LogP contribution < -0.4 is 10.3 Å². The molecule has 0 bridgehead atoms. The molecule has 0 amide bonds. The Kier molecular flexibility index (Phi) is 11.1. The van der Waals surface area contributed by atoms with E-state index in [0.29, 0.717) is 73.4 Å². The molecule has 45 heavy (non-hydrogen) atoms.